The van der Waals surface area contributed by atoms with Gasteiger partial charge in [-0.05, 0) is 38.0 Å². The third-order valence-electron chi connectivity index (χ3n) is 4.76. The van der Waals surface area contributed by atoms with Gasteiger partial charge in [0.15, 0.2) is 5.78 Å². The number of carbonyl (C=O) groups excluding carboxylic acids is 3. The van der Waals surface area contributed by atoms with Crippen molar-refractivity contribution in [1.29, 1.82) is 0 Å². The van der Waals surface area contributed by atoms with Crippen molar-refractivity contribution >= 4 is 17.7 Å². The maximum absolute atomic E-state index is 13.1. The zero-order valence-corrected chi connectivity index (χ0v) is 17.1. The number of esters is 1. The molecule has 0 fully saturated rings. The lowest BCUT2D eigenvalue weighted by atomic mass is 10.0. The zero-order chi connectivity index (χ0) is 20.8. The lowest BCUT2D eigenvalue weighted by Gasteiger charge is -2.21. The molecule has 0 aliphatic carbocycles. The molecule has 0 radical (unpaired) electrons. The van der Waals surface area contributed by atoms with Crippen LogP contribution in [0.25, 0.3) is 0 Å². The van der Waals surface area contributed by atoms with Crippen LogP contribution in [0.2, 0.25) is 0 Å². The molecule has 0 aliphatic heterocycles. The van der Waals surface area contributed by atoms with Crippen molar-refractivity contribution in [3.05, 3.63) is 52.6 Å². The number of ether oxygens (including phenoxy) is 1. The number of ketones is 1. The number of rotatable bonds is 8. The van der Waals surface area contributed by atoms with E-state index in [4.69, 9.17) is 4.74 Å². The van der Waals surface area contributed by atoms with Crippen LogP contribution in [0.5, 0.6) is 0 Å². The van der Waals surface area contributed by atoms with Crippen molar-refractivity contribution in [3.63, 3.8) is 0 Å². The van der Waals surface area contributed by atoms with E-state index in [1.807, 2.05) is 6.07 Å². The predicted molar refractivity (Wildman–Crippen MR) is 105 cm³/mol. The number of amides is 1. The van der Waals surface area contributed by atoms with Crippen LogP contribution in [0.3, 0.4) is 0 Å². The van der Waals surface area contributed by atoms with Gasteiger partial charge in [0.2, 0.25) is 5.91 Å². The molecule has 2 aromatic heterocycles. The fourth-order valence-electron chi connectivity index (χ4n) is 3.30. The van der Waals surface area contributed by atoms with E-state index in [1.54, 1.807) is 57.8 Å². The number of nitrogens with zero attached hydrogens (tertiary/aromatic N) is 3. The van der Waals surface area contributed by atoms with E-state index in [-0.39, 0.29) is 24.8 Å². The van der Waals surface area contributed by atoms with Crippen LogP contribution >= 0.6 is 0 Å². The average molecular weight is 385 g/mol. The summed E-state index contributed by atoms with van der Waals surface area (Å²) >= 11 is 0. The molecule has 0 saturated heterocycles. The summed E-state index contributed by atoms with van der Waals surface area (Å²) < 4.78 is 6.79. The van der Waals surface area contributed by atoms with E-state index in [9.17, 15) is 14.4 Å². The zero-order valence-electron chi connectivity index (χ0n) is 17.1. The normalized spacial score (nSPS) is 10.6. The fraction of sp³-hybridized carbons (Fsp3) is 0.429. The van der Waals surface area contributed by atoms with Gasteiger partial charge in [0.05, 0.1) is 13.2 Å². The maximum atomic E-state index is 13.1. The second kappa shape index (κ2) is 9.30. The van der Waals surface area contributed by atoms with Crippen LogP contribution in [0.1, 0.15) is 57.9 Å². The summed E-state index contributed by atoms with van der Waals surface area (Å²) in [6.07, 6.45) is 3.64. The summed E-state index contributed by atoms with van der Waals surface area (Å²) in [7, 11) is 1.73. The first-order valence-corrected chi connectivity index (χ1v) is 9.34. The van der Waals surface area contributed by atoms with E-state index >= 15 is 0 Å². The molecule has 0 unspecified atom stereocenters. The van der Waals surface area contributed by atoms with E-state index in [0.717, 1.165) is 5.56 Å². The van der Waals surface area contributed by atoms with Crippen LogP contribution < -0.4 is 0 Å². The summed E-state index contributed by atoms with van der Waals surface area (Å²) in [5.41, 5.74) is 2.93. The molecule has 7 nitrogen and oxygen atoms in total. The van der Waals surface area contributed by atoms with Gasteiger partial charge in [-0.1, -0.05) is 13.0 Å². The van der Waals surface area contributed by atoms with Crippen LogP contribution in [-0.2, 0) is 23.1 Å². The van der Waals surface area contributed by atoms with Gasteiger partial charge in [-0.15, -0.1) is 0 Å². The van der Waals surface area contributed by atoms with Gasteiger partial charge in [0.25, 0.3) is 0 Å². The Morgan fingerprint density at radius 1 is 1.21 bits per heavy atom. The van der Waals surface area contributed by atoms with Gasteiger partial charge >= 0.3 is 5.97 Å². The van der Waals surface area contributed by atoms with Crippen molar-refractivity contribution in [2.24, 2.45) is 7.05 Å². The third-order valence-corrected chi connectivity index (χ3v) is 4.76. The molecule has 7 heteroatoms. The second-order valence-electron chi connectivity index (χ2n) is 6.60. The largest absolute Gasteiger partial charge is 0.461 e. The quantitative estimate of drug-likeness (QED) is 0.515. The minimum absolute atomic E-state index is 0.0600. The van der Waals surface area contributed by atoms with Crippen molar-refractivity contribution in [2.45, 2.75) is 40.7 Å². The van der Waals surface area contributed by atoms with Crippen LogP contribution in [0.4, 0.5) is 0 Å². The Kier molecular flexibility index (Phi) is 7.09. The maximum Gasteiger partial charge on any atom is 0.355 e. The van der Waals surface area contributed by atoms with Gasteiger partial charge in [0.1, 0.15) is 5.69 Å². The average Bonchev–Trinajstić information content (AvgIpc) is 2.90. The molecule has 28 heavy (non-hydrogen) atoms. The number of aromatic nitrogens is 2. The number of hydrogen-bond donors (Lipinski definition) is 0. The highest BCUT2D eigenvalue weighted by Crippen LogP contribution is 2.23. The molecule has 0 saturated carbocycles. The molecule has 0 atom stereocenters. The molecule has 0 N–H and O–H groups in total. The van der Waals surface area contributed by atoms with Crippen molar-refractivity contribution in [3.8, 4) is 0 Å². The first-order valence-electron chi connectivity index (χ1n) is 9.34. The van der Waals surface area contributed by atoms with Gasteiger partial charge in [-0.25, -0.2) is 4.79 Å². The predicted octanol–water partition coefficient (Wildman–Crippen LogP) is 2.84. The Morgan fingerprint density at radius 2 is 1.93 bits per heavy atom. The molecule has 0 aromatic carbocycles. The Balaban J connectivity index is 2.32. The van der Waals surface area contributed by atoms with Crippen molar-refractivity contribution < 1.29 is 19.1 Å². The van der Waals surface area contributed by atoms with Crippen LogP contribution in [0.15, 0.2) is 24.5 Å². The fourth-order valence-corrected chi connectivity index (χ4v) is 3.30. The lowest BCUT2D eigenvalue weighted by molar-refractivity contribution is -0.131. The third kappa shape index (κ3) is 4.47. The standard InChI is InChI=1S/C21H27N3O4/c1-6-18(26)24(12-16-9-8-10-22-11-16)13-17(25)19-14(3)20(21(27)28-7-2)23(5)15(19)4/h8-11H,6-7,12-13H2,1-5H3. The summed E-state index contributed by atoms with van der Waals surface area (Å²) in [6, 6.07) is 3.66. The van der Waals surface area contributed by atoms with Crippen LogP contribution in [-0.4, -0.2) is 45.3 Å². The van der Waals surface area contributed by atoms with E-state index in [1.165, 1.54) is 4.90 Å². The Labute approximate surface area is 165 Å². The molecular formula is C21H27N3O4. The molecule has 1 amide bonds. The van der Waals surface area contributed by atoms with Crippen LogP contribution in [0, 0.1) is 13.8 Å². The topological polar surface area (TPSA) is 81.5 Å². The van der Waals surface area contributed by atoms with E-state index in [2.05, 4.69) is 4.98 Å². The Morgan fingerprint density at radius 3 is 2.50 bits per heavy atom. The van der Waals surface area contributed by atoms with Gasteiger partial charge in [-0.2, -0.15) is 0 Å². The molecular weight excluding hydrogens is 358 g/mol. The van der Waals surface area contributed by atoms with Crippen molar-refractivity contribution in [1.82, 2.24) is 14.5 Å². The Hall–Kier alpha value is -2.96. The minimum atomic E-state index is -0.457. The molecule has 150 valence electrons. The number of hydrogen-bond acceptors (Lipinski definition) is 5. The van der Waals surface area contributed by atoms with E-state index < -0.39 is 5.97 Å². The minimum Gasteiger partial charge on any atom is -0.461 e. The molecule has 2 heterocycles. The molecule has 2 rings (SSSR count). The summed E-state index contributed by atoms with van der Waals surface area (Å²) in [5.74, 6) is -0.776. The summed E-state index contributed by atoms with van der Waals surface area (Å²) in [4.78, 5) is 43.3. The number of pyridine rings is 1. The SMILES string of the molecule is CCOC(=O)c1c(C)c(C(=O)CN(Cc2cccnc2)C(=O)CC)c(C)n1C. The molecule has 0 bridgehead atoms. The highest BCUT2D eigenvalue weighted by Gasteiger charge is 2.27. The first kappa shape index (κ1) is 21.3. The monoisotopic (exact) mass is 385 g/mol. The summed E-state index contributed by atoms with van der Waals surface area (Å²) in [6.45, 7) is 7.53. The number of carbonyl (C=O) groups is 3. The van der Waals surface area contributed by atoms with Gasteiger partial charge in [-0.3, -0.25) is 14.6 Å². The van der Waals surface area contributed by atoms with E-state index in [0.29, 0.717) is 35.5 Å². The lowest BCUT2D eigenvalue weighted by Crippen LogP contribution is -2.35. The second-order valence-corrected chi connectivity index (χ2v) is 6.60. The smallest absolute Gasteiger partial charge is 0.355 e. The highest BCUT2D eigenvalue weighted by atomic mass is 16.5. The molecule has 0 aliphatic rings. The van der Waals surface area contributed by atoms with Crippen molar-refractivity contribution in [2.75, 3.05) is 13.2 Å². The highest BCUT2D eigenvalue weighted by molar-refractivity contribution is 6.04. The number of Topliss-reactive ketones (excluding diaryl/α,β-unsaturated/α-hetero) is 1. The van der Waals surface area contributed by atoms with Gasteiger partial charge in [0, 0.05) is 43.7 Å². The molecule has 0 spiro atoms. The Bertz CT molecular complexity index is 872. The summed E-state index contributed by atoms with van der Waals surface area (Å²) in [5, 5.41) is 0. The van der Waals surface area contributed by atoms with Gasteiger partial charge < -0.3 is 14.2 Å². The molecule has 2 aromatic rings. The first-order chi connectivity index (χ1) is 13.3.